The summed E-state index contributed by atoms with van der Waals surface area (Å²) in [6.45, 7) is 1.13. The molecule has 0 aliphatic carbocycles. The molecule has 0 fully saturated rings. The van der Waals surface area contributed by atoms with Crippen LogP contribution in [0.15, 0.2) is 21.4 Å². The Bertz CT molecular complexity index is 693. The number of H-pyrrole nitrogens is 1. The molecule has 0 aliphatic heterocycles. The summed E-state index contributed by atoms with van der Waals surface area (Å²) in [7, 11) is 0. The Kier molecular flexibility index (Phi) is 3.19. The summed E-state index contributed by atoms with van der Waals surface area (Å²) >= 11 is 8.98. The van der Waals surface area contributed by atoms with Crippen molar-refractivity contribution < 1.29 is 13.2 Å². The zero-order chi connectivity index (χ0) is 13.7. The summed E-state index contributed by atoms with van der Waals surface area (Å²) in [5.74, 6) is 0. The van der Waals surface area contributed by atoms with E-state index in [-0.39, 0.29) is 21.5 Å². The van der Waals surface area contributed by atoms with Gasteiger partial charge >= 0.3 is 6.18 Å². The van der Waals surface area contributed by atoms with Crippen molar-refractivity contribution in [2.45, 2.75) is 13.1 Å². The van der Waals surface area contributed by atoms with Crippen molar-refractivity contribution in [1.29, 1.82) is 0 Å². The average Bonchev–Trinajstić information content (AvgIpc) is 2.22. The predicted octanol–water partition coefficient (Wildman–Crippen LogP) is 4.27. The van der Waals surface area contributed by atoms with E-state index < -0.39 is 17.3 Å². The summed E-state index contributed by atoms with van der Waals surface area (Å²) in [4.78, 5) is 14.1. The van der Waals surface area contributed by atoms with Gasteiger partial charge in [-0.25, -0.2) is 0 Å². The number of fused-ring (bicyclic) bond motifs is 1. The molecule has 0 spiro atoms. The highest BCUT2D eigenvalue weighted by molar-refractivity contribution is 9.10. The van der Waals surface area contributed by atoms with Crippen LogP contribution in [0.2, 0.25) is 5.02 Å². The summed E-state index contributed by atoms with van der Waals surface area (Å²) in [6, 6.07) is 2.86. The van der Waals surface area contributed by atoms with E-state index in [4.69, 9.17) is 11.6 Å². The van der Waals surface area contributed by atoms with Crippen LogP contribution in [0.3, 0.4) is 0 Å². The molecule has 0 saturated heterocycles. The molecule has 1 aromatic carbocycles. The minimum atomic E-state index is -4.62. The molecule has 7 heteroatoms. The zero-order valence-electron chi connectivity index (χ0n) is 8.95. The topological polar surface area (TPSA) is 32.9 Å². The van der Waals surface area contributed by atoms with Crippen LogP contribution in [0.25, 0.3) is 10.9 Å². The molecular weight excluding hydrogens is 334 g/mol. The second-order valence-corrected chi connectivity index (χ2v) is 5.08. The molecule has 0 radical (unpaired) electrons. The molecule has 0 atom stereocenters. The molecule has 0 saturated carbocycles. The summed E-state index contributed by atoms with van der Waals surface area (Å²) in [5.41, 5.74) is -2.13. The van der Waals surface area contributed by atoms with Crippen LogP contribution < -0.4 is 5.43 Å². The zero-order valence-corrected chi connectivity index (χ0v) is 11.3. The standard InChI is InChI=1S/C11H6BrClF3NO/c1-4-9(18)6-2-5(12)3-7(13)8(6)17-10(4)11(14,15)16/h2-3H,1H3,(H,17,18). The third kappa shape index (κ3) is 2.14. The number of alkyl halides is 3. The highest BCUT2D eigenvalue weighted by Gasteiger charge is 2.35. The summed E-state index contributed by atoms with van der Waals surface area (Å²) in [5, 5.41) is 0.182. The number of halogens is 5. The van der Waals surface area contributed by atoms with Crippen LogP contribution in [-0.2, 0) is 6.18 Å². The van der Waals surface area contributed by atoms with Gasteiger partial charge in [0.25, 0.3) is 0 Å². The molecule has 96 valence electrons. The second kappa shape index (κ2) is 4.28. The normalized spacial score (nSPS) is 12.1. The minimum Gasteiger partial charge on any atom is -0.349 e. The van der Waals surface area contributed by atoms with Crippen molar-refractivity contribution in [2.75, 3.05) is 0 Å². The Morgan fingerprint density at radius 2 is 1.94 bits per heavy atom. The Morgan fingerprint density at radius 1 is 1.33 bits per heavy atom. The molecule has 1 heterocycles. The van der Waals surface area contributed by atoms with Gasteiger partial charge in [0.05, 0.1) is 10.5 Å². The Hall–Kier alpha value is -1.01. The van der Waals surface area contributed by atoms with Crippen molar-refractivity contribution in [3.05, 3.63) is 43.1 Å². The lowest BCUT2D eigenvalue weighted by molar-refractivity contribution is -0.141. The van der Waals surface area contributed by atoms with Crippen molar-refractivity contribution in [3.8, 4) is 0 Å². The molecule has 18 heavy (non-hydrogen) atoms. The van der Waals surface area contributed by atoms with Gasteiger partial charge in [0.15, 0.2) is 5.43 Å². The molecule has 2 rings (SSSR count). The van der Waals surface area contributed by atoms with E-state index in [0.717, 1.165) is 6.92 Å². The predicted molar refractivity (Wildman–Crippen MR) is 67.0 cm³/mol. The smallest absolute Gasteiger partial charge is 0.349 e. The molecule has 0 amide bonds. The van der Waals surface area contributed by atoms with E-state index in [1.807, 2.05) is 0 Å². The van der Waals surface area contributed by atoms with E-state index in [1.165, 1.54) is 12.1 Å². The van der Waals surface area contributed by atoms with Crippen molar-refractivity contribution in [3.63, 3.8) is 0 Å². The van der Waals surface area contributed by atoms with Crippen LogP contribution in [0.5, 0.6) is 0 Å². The largest absolute Gasteiger partial charge is 0.431 e. The van der Waals surface area contributed by atoms with Crippen LogP contribution >= 0.6 is 27.5 Å². The lowest BCUT2D eigenvalue weighted by Crippen LogP contribution is -2.18. The van der Waals surface area contributed by atoms with E-state index in [0.29, 0.717) is 4.47 Å². The molecular formula is C11H6BrClF3NO. The third-order valence-corrected chi connectivity index (χ3v) is 3.30. The number of benzene rings is 1. The molecule has 1 N–H and O–H groups in total. The van der Waals surface area contributed by atoms with Gasteiger partial charge in [-0.2, -0.15) is 13.2 Å². The second-order valence-electron chi connectivity index (χ2n) is 3.76. The monoisotopic (exact) mass is 339 g/mol. The number of nitrogens with one attached hydrogen (secondary N) is 1. The summed E-state index contributed by atoms with van der Waals surface area (Å²) in [6.07, 6.45) is -4.62. The van der Waals surface area contributed by atoms with E-state index in [9.17, 15) is 18.0 Å². The Labute approximate surface area is 113 Å². The SMILES string of the molecule is Cc1c(C(F)(F)F)[nH]c2c(Cl)cc(Br)cc2c1=O. The van der Waals surface area contributed by atoms with Crippen molar-refractivity contribution >= 4 is 38.4 Å². The number of rotatable bonds is 0. The fraction of sp³-hybridized carbons (Fsp3) is 0.182. The number of hydrogen-bond acceptors (Lipinski definition) is 1. The molecule has 0 unspecified atom stereocenters. The van der Waals surface area contributed by atoms with Gasteiger partial charge in [-0.3, -0.25) is 4.79 Å². The molecule has 0 aliphatic rings. The maximum atomic E-state index is 12.7. The maximum absolute atomic E-state index is 12.7. The Morgan fingerprint density at radius 3 is 2.50 bits per heavy atom. The average molecular weight is 341 g/mol. The number of pyridine rings is 1. The first kappa shape index (κ1) is 13.4. The van der Waals surface area contributed by atoms with Crippen LogP contribution in [-0.4, -0.2) is 4.98 Å². The van der Waals surface area contributed by atoms with Gasteiger partial charge in [0.2, 0.25) is 0 Å². The fourth-order valence-corrected chi connectivity index (χ4v) is 2.55. The van der Waals surface area contributed by atoms with Gasteiger partial charge in [-0.1, -0.05) is 27.5 Å². The van der Waals surface area contributed by atoms with Crippen LogP contribution in [0.1, 0.15) is 11.3 Å². The lowest BCUT2D eigenvalue weighted by atomic mass is 10.1. The lowest BCUT2D eigenvalue weighted by Gasteiger charge is -2.12. The third-order valence-electron chi connectivity index (χ3n) is 2.55. The summed E-state index contributed by atoms with van der Waals surface area (Å²) < 4.78 is 38.8. The number of aromatic nitrogens is 1. The van der Waals surface area contributed by atoms with Crippen molar-refractivity contribution in [1.82, 2.24) is 4.98 Å². The van der Waals surface area contributed by atoms with E-state index in [1.54, 1.807) is 0 Å². The first-order valence-electron chi connectivity index (χ1n) is 4.80. The quantitative estimate of drug-likeness (QED) is 0.763. The molecule has 1 aromatic heterocycles. The van der Waals surface area contributed by atoms with E-state index in [2.05, 4.69) is 20.9 Å². The van der Waals surface area contributed by atoms with Gasteiger partial charge in [-0.15, -0.1) is 0 Å². The van der Waals surface area contributed by atoms with Gasteiger partial charge < -0.3 is 4.98 Å². The van der Waals surface area contributed by atoms with Crippen LogP contribution in [0.4, 0.5) is 13.2 Å². The van der Waals surface area contributed by atoms with Gasteiger partial charge in [0, 0.05) is 15.4 Å². The first-order valence-corrected chi connectivity index (χ1v) is 5.97. The fourth-order valence-electron chi connectivity index (χ4n) is 1.70. The maximum Gasteiger partial charge on any atom is 0.431 e. The molecule has 0 bridgehead atoms. The minimum absolute atomic E-state index is 0.0113. The Balaban J connectivity index is 2.98. The van der Waals surface area contributed by atoms with Crippen LogP contribution in [0, 0.1) is 6.92 Å². The molecule has 2 aromatic rings. The van der Waals surface area contributed by atoms with Gasteiger partial charge in [0.1, 0.15) is 5.69 Å². The van der Waals surface area contributed by atoms with Gasteiger partial charge in [-0.05, 0) is 19.1 Å². The first-order chi connectivity index (χ1) is 8.21. The number of aromatic amines is 1. The highest BCUT2D eigenvalue weighted by atomic mass is 79.9. The molecule has 2 nitrogen and oxygen atoms in total. The van der Waals surface area contributed by atoms with E-state index >= 15 is 0 Å². The highest BCUT2D eigenvalue weighted by Crippen LogP contribution is 2.32. The van der Waals surface area contributed by atoms with Crippen molar-refractivity contribution in [2.24, 2.45) is 0 Å². The number of hydrogen-bond donors (Lipinski definition) is 1.